The van der Waals surface area contributed by atoms with Crippen LogP contribution in [0, 0.1) is 25.0 Å². The third kappa shape index (κ3) is 8.07. The molecule has 1 aromatic heterocycles. The van der Waals surface area contributed by atoms with E-state index in [4.69, 9.17) is 24.6 Å². The summed E-state index contributed by atoms with van der Waals surface area (Å²) in [6, 6.07) is 10.0. The largest absolute Gasteiger partial charge is 0.618 e. The van der Waals surface area contributed by atoms with E-state index in [1.165, 1.54) is 6.20 Å². The lowest BCUT2D eigenvalue weighted by Gasteiger charge is -2.49. The van der Waals surface area contributed by atoms with Crippen LogP contribution < -0.4 is 4.73 Å². The fourth-order valence-corrected chi connectivity index (χ4v) is 5.83. The number of carboxylic acid groups (broad SMARTS) is 2. The van der Waals surface area contributed by atoms with Crippen LogP contribution in [0.25, 0.3) is 0 Å². The number of hydrogen-bond acceptors (Lipinski definition) is 7. The number of carbonyl (C=O) groups is 3. The molecule has 2 aliphatic rings. The number of halogens is 1. The number of benzene rings is 1. The van der Waals surface area contributed by atoms with Gasteiger partial charge >= 0.3 is 11.9 Å². The maximum absolute atomic E-state index is 13.3. The Morgan fingerprint density at radius 3 is 2.26 bits per heavy atom. The molecule has 3 heterocycles. The molecule has 2 saturated heterocycles. The number of aryl methyl sites for hydroxylation is 1. The van der Waals surface area contributed by atoms with E-state index in [9.17, 15) is 10.0 Å². The van der Waals surface area contributed by atoms with E-state index >= 15 is 0 Å². The highest BCUT2D eigenvalue weighted by atomic mass is 79.9. The van der Waals surface area contributed by atoms with Gasteiger partial charge in [0.25, 0.3) is 5.91 Å². The van der Waals surface area contributed by atoms with Crippen LogP contribution in [0.5, 0.6) is 0 Å². The van der Waals surface area contributed by atoms with Crippen molar-refractivity contribution in [1.29, 1.82) is 0 Å². The minimum absolute atomic E-state index is 0.0257. The molecular formula is C30H39BrN4O7. The van der Waals surface area contributed by atoms with Crippen molar-refractivity contribution in [2.24, 2.45) is 11.1 Å². The minimum atomic E-state index is -1.82. The number of aromatic nitrogens is 1. The van der Waals surface area contributed by atoms with Crippen LogP contribution in [0.2, 0.25) is 0 Å². The van der Waals surface area contributed by atoms with Crippen molar-refractivity contribution in [3.63, 3.8) is 0 Å². The summed E-state index contributed by atoms with van der Waals surface area (Å²) in [7, 11) is 0. The number of likely N-dealkylation sites (tertiary alicyclic amines) is 2. The Hall–Kier alpha value is -3.51. The molecule has 11 nitrogen and oxygen atoms in total. The molecule has 0 radical (unpaired) electrons. The highest BCUT2D eigenvalue weighted by Gasteiger charge is 2.40. The van der Waals surface area contributed by atoms with E-state index in [0.717, 1.165) is 64.8 Å². The van der Waals surface area contributed by atoms with Gasteiger partial charge in [-0.25, -0.2) is 9.59 Å². The zero-order chi connectivity index (χ0) is 31.0. The number of nitrogens with zero attached hydrogens (tertiary/aromatic N) is 4. The Bertz CT molecular complexity index is 1290. The smallest absolute Gasteiger partial charge is 0.414 e. The molecule has 1 aromatic carbocycles. The molecule has 0 spiro atoms. The maximum atomic E-state index is 13.3. The van der Waals surface area contributed by atoms with E-state index < -0.39 is 11.9 Å². The number of piperidine rings is 2. The van der Waals surface area contributed by atoms with Crippen LogP contribution >= 0.6 is 15.9 Å². The Balaban J connectivity index is 0.000000730. The van der Waals surface area contributed by atoms with Crippen molar-refractivity contribution in [2.45, 2.75) is 58.9 Å². The second-order valence-electron chi connectivity index (χ2n) is 10.8. The van der Waals surface area contributed by atoms with Crippen LogP contribution in [0.1, 0.15) is 66.7 Å². The number of amides is 1. The maximum Gasteiger partial charge on any atom is 0.414 e. The average Bonchev–Trinajstić information content (AvgIpc) is 2.97. The molecule has 0 bridgehead atoms. The standard InChI is InChI=1S/C28H37BrN4O3.C2H2O4/c1-5-36-30-26(22-6-8-24(29)9-7-22)23-11-15-32(16-12-23)28(4)13-18-31(19-14-28)27(34)25-20(2)10-17-33(35)21(25)3;3-1(4)2(5)6/h6-10,17,23H,5,11-16,18-19H2,1-4H3;(H,3,4)(H,5,6)/b30-26+;/i18+2;. The van der Waals surface area contributed by atoms with Crippen molar-refractivity contribution in [2.75, 3.05) is 32.8 Å². The Labute approximate surface area is 254 Å². The summed E-state index contributed by atoms with van der Waals surface area (Å²) in [5.41, 5.74) is 4.11. The van der Waals surface area contributed by atoms with E-state index in [1.54, 1.807) is 13.0 Å². The Morgan fingerprint density at radius 2 is 1.74 bits per heavy atom. The quantitative estimate of drug-likeness (QED) is 0.157. The number of aliphatic carboxylic acids is 2. The van der Waals surface area contributed by atoms with Gasteiger partial charge in [-0.1, -0.05) is 33.2 Å². The second kappa shape index (κ2) is 14.6. The molecule has 0 aliphatic carbocycles. The number of carboxylic acids is 2. The van der Waals surface area contributed by atoms with Gasteiger partial charge in [-0.15, -0.1) is 0 Å². The first kappa shape index (κ1) is 33.0. The van der Waals surface area contributed by atoms with Crippen LogP contribution in [-0.4, -0.2) is 81.9 Å². The monoisotopic (exact) mass is 648 g/mol. The fraction of sp³-hybridized carbons (Fsp3) is 0.500. The van der Waals surface area contributed by atoms with Gasteiger partial charge in [-0.3, -0.25) is 9.69 Å². The van der Waals surface area contributed by atoms with Gasteiger partial charge in [-0.2, -0.15) is 4.73 Å². The van der Waals surface area contributed by atoms with Gasteiger partial charge < -0.3 is 25.2 Å². The van der Waals surface area contributed by atoms with Crippen molar-refractivity contribution in [3.8, 4) is 0 Å². The molecule has 1 unspecified atom stereocenters. The summed E-state index contributed by atoms with van der Waals surface area (Å²) in [5, 5.41) is 31.3. The molecule has 1 atom stereocenters. The first-order valence-electron chi connectivity index (χ1n) is 14.0. The topological polar surface area (TPSA) is 147 Å². The first-order chi connectivity index (χ1) is 19.9. The van der Waals surface area contributed by atoms with E-state index in [0.29, 0.717) is 36.9 Å². The SMILES string of the molecule is CCO/N=C(\c1ccc(Br)cc1)C1CCN(C2(C)CCN(C(=O)c3c(C)cc[n+]([O-])c3C)[14CH2]C2)CC1.O=C(O)C(=O)O. The van der Waals surface area contributed by atoms with E-state index in [-0.39, 0.29) is 11.4 Å². The number of oxime groups is 1. The summed E-state index contributed by atoms with van der Waals surface area (Å²) < 4.78 is 1.84. The number of carbonyl (C=O) groups excluding carboxylic acids is 1. The molecular weight excluding hydrogens is 610 g/mol. The zero-order valence-corrected chi connectivity index (χ0v) is 26.1. The lowest BCUT2D eigenvalue weighted by molar-refractivity contribution is -0.612. The van der Waals surface area contributed by atoms with Crippen LogP contribution in [0.4, 0.5) is 0 Å². The van der Waals surface area contributed by atoms with E-state index in [2.05, 4.69) is 57.2 Å². The van der Waals surface area contributed by atoms with E-state index in [1.807, 2.05) is 18.7 Å². The van der Waals surface area contributed by atoms with Gasteiger partial charge in [0.1, 0.15) is 12.2 Å². The molecule has 2 N–H and O–H groups in total. The number of rotatable bonds is 6. The molecule has 12 heteroatoms. The van der Waals surface area contributed by atoms with Gasteiger partial charge in [0.05, 0.1) is 5.71 Å². The third-order valence-corrected chi connectivity index (χ3v) is 8.68. The molecule has 228 valence electrons. The summed E-state index contributed by atoms with van der Waals surface area (Å²) in [4.78, 5) is 41.5. The zero-order valence-electron chi connectivity index (χ0n) is 24.5. The number of pyridine rings is 1. The Morgan fingerprint density at radius 1 is 1.12 bits per heavy atom. The normalized spacial score (nSPS) is 19.9. The average molecular weight is 650 g/mol. The minimum Gasteiger partial charge on any atom is -0.618 e. The molecule has 1 amide bonds. The Kier molecular flexibility index (Phi) is 11.5. The summed E-state index contributed by atoms with van der Waals surface area (Å²) in [5.74, 6) is -3.31. The van der Waals surface area contributed by atoms with Crippen LogP contribution in [-0.2, 0) is 14.4 Å². The molecule has 2 aliphatic heterocycles. The molecule has 42 heavy (non-hydrogen) atoms. The lowest BCUT2D eigenvalue weighted by atomic mass is 9.84. The molecule has 2 aromatic rings. The fourth-order valence-electron chi connectivity index (χ4n) is 5.57. The predicted octanol–water partition coefficient (Wildman–Crippen LogP) is 4.00. The van der Waals surface area contributed by atoms with Crippen molar-refractivity contribution in [1.82, 2.24) is 9.80 Å². The van der Waals surface area contributed by atoms with Crippen molar-refractivity contribution in [3.05, 3.63) is 68.6 Å². The lowest BCUT2D eigenvalue weighted by Crippen LogP contribution is -2.57. The molecule has 4 rings (SSSR count). The third-order valence-electron chi connectivity index (χ3n) is 8.15. The van der Waals surface area contributed by atoms with Crippen LogP contribution in [0.3, 0.4) is 0 Å². The summed E-state index contributed by atoms with van der Waals surface area (Å²) in [6.07, 6.45) is 5.40. The van der Waals surface area contributed by atoms with Gasteiger partial charge in [0.2, 0.25) is 5.69 Å². The highest BCUT2D eigenvalue weighted by Crippen LogP contribution is 2.34. The van der Waals surface area contributed by atoms with Crippen molar-refractivity contribution < 1.29 is 34.2 Å². The van der Waals surface area contributed by atoms with Gasteiger partial charge in [0.15, 0.2) is 6.20 Å². The first-order valence-corrected chi connectivity index (χ1v) is 14.8. The van der Waals surface area contributed by atoms with Crippen LogP contribution in [0.15, 0.2) is 46.2 Å². The summed E-state index contributed by atoms with van der Waals surface area (Å²) >= 11 is 3.52. The van der Waals surface area contributed by atoms with Gasteiger partial charge in [0, 0.05) is 42.0 Å². The van der Waals surface area contributed by atoms with Crippen molar-refractivity contribution >= 4 is 39.5 Å². The highest BCUT2D eigenvalue weighted by molar-refractivity contribution is 9.10. The number of hydrogen-bond donors (Lipinski definition) is 2. The van der Waals surface area contributed by atoms with Gasteiger partial charge in [-0.05, 0) is 82.8 Å². The second-order valence-corrected chi connectivity index (χ2v) is 11.8. The molecule has 0 saturated carbocycles. The predicted molar refractivity (Wildman–Crippen MR) is 160 cm³/mol. The summed E-state index contributed by atoms with van der Waals surface area (Å²) in [6.45, 7) is 11.9. The molecule has 2 fully saturated rings.